The molecule has 0 aliphatic heterocycles. The van der Waals surface area contributed by atoms with Gasteiger partial charge in [0.05, 0.1) is 0 Å². The van der Waals surface area contributed by atoms with E-state index in [0.717, 1.165) is 33.3 Å². The van der Waals surface area contributed by atoms with Crippen LogP contribution in [0.15, 0.2) is 156 Å². The first-order valence-corrected chi connectivity index (χ1v) is 16.2. The Hall–Kier alpha value is -5.08. The molecule has 7 aromatic carbocycles. The van der Waals surface area contributed by atoms with E-state index in [1.165, 1.54) is 46.9 Å². The zero-order chi connectivity index (χ0) is 28.3. The molecule has 2 aromatic heterocycles. The first-order valence-electron chi connectivity index (χ1n) is 14.5. The van der Waals surface area contributed by atoms with Crippen LogP contribution in [0.5, 0.6) is 0 Å². The van der Waals surface area contributed by atoms with Crippen LogP contribution in [0.1, 0.15) is 0 Å². The summed E-state index contributed by atoms with van der Waals surface area (Å²) < 4.78 is 9.15. The summed E-state index contributed by atoms with van der Waals surface area (Å²) in [5, 5.41) is 7.57. The van der Waals surface area contributed by atoms with E-state index in [1.54, 1.807) is 0 Å². The molecule has 0 atom stereocenters. The van der Waals surface area contributed by atoms with E-state index < -0.39 is 0 Å². The molecule has 0 spiro atoms. The van der Waals surface area contributed by atoms with E-state index in [-0.39, 0.29) is 14.5 Å². The summed E-state index contributed by atoms with van der Waals surface area (Å²) in [4.78, 5) is 2.42. The second-order valence-electron chi connectivity index (χ2n) is 10.9. The minimum absolute atomic E-state index is 0.279. The van der Waals surface area contributed by atoms with E-state index in [9.17, 15) is 0 Å². The van der Waals surface area contributed by atoms with Crippen molar-refractivity contribution >= 4 is 83.6 Å². The van der Waals surface area contributed by atoms with Crippen molar-refractivity contribution in [2.75, 3.05) is 4.90 Å². The van der Waals surface area contributed by atoms with Crippen LogP contribution in [0, 0.1) is 0 Å². The van der Waals surface area contributed by atoms with Crippen molar-refractivity contribution in [1.29, 1.82) is 0 Å². The number of anilines is 3. The maximum absolute atomic E-state index is 6.22. The van der Waals surface area contributed by atoms with E-state index in [1.807, 2.05) is 12.1 Å². The number of benzene rings is 7. The fraction of sp³-hybridized carbons (Fsp3) is 0. The molecule has 0 fully saturated rings. The summed E-state index contributed by atoms with van der Waals surface area (Å²) in [6.45, 7) is 0. The Kier molecular flexibility index (Phi) is 5.55. The minimum atomic E-state index is 0.279. The van der Waals surface area contributed by atoms with Crippen LogP contribution in [0.3, 0.4) is 0 Å². The number of fused-ring (bicyclic) bond motifs is 8. The number of furan rings is 1. The van der Waals surface area contributed by atoms with Crippen LogP contribution in [0.25, 0.3) is 63.1 Å². The van der Waals surface area contributed by atoms with Gasteiger partial charge in [0.15, 0.2) is 0 Å². The Balaban J connectivity index is 1.34. The van der Waals surface area contributed by atoms with Crippen molar-refractivity contribution in [2.24, 2.45) is 0 Å². The van der Waals surface area contributed by atoms with Gasteiger partial charge in [-0.3, -0.25) is 0 Å². The van der Waals surface area contributed by atoms with Crippen LogP contribution in [-0.4, -0.2) is 14.5 Å². The predicted octanol–water partition coefficient (Wildman–Crippen LogP) is 11.2. The average molecular weight is 615 g/mol. The number of hydrogen-bond donors (Lipinski definition) is 0. The second kappa shape index (κ2) is 9.74. The summed E-state index contributed by atoms with van der Waals surface area (Å²) >= 11 is 0.279. The molecule has 202 valence electrons. The standard InChI is InChI=1S/C40H25NOSe/c1-2-10-26(11-3-1)27-18-20-28(21-19-27)41(29-22-23-38-34(24-29)31-13-6-8-16-37(31)42-38)36-25-35-32-14-7-9-17-39(32)43-40(35)33-15-5-4-12-30(33)36/h1-25H. The Morgan fingerprint density at radius 1 is 0.419 bits per heavy atom. The van der Waals surface area contributed by atoms with Crippen molar-refractivity contribution in [3.63, 3.8) is 0 Å². The van der Waals surface area contributed by atoms with Gasteiger partial charge in [0.25, 0.3) is 0 Å². The van der Waals surface area contributed by atoms with Gasteiger partial charge in [0, 0.05) is 0 Å². The molecule has 0 amide bonds. The SMILES string of the molecule is c1ccc(-c2ccc(N(c3ccc4oc5ccccc5c4c3)c3cc4c5ccccc5[se]c4c4ccccc34)cc2)cc1. The molecule has 0 saturated carbocycles. The summed E-state index contributed by atoms with van der Waals surface area (Å²) in [5.74, 6) is 0. The number of para-hydroxylation sites is 1. The molecule has 9 rings (SSSR count). The zero-order valence-corrected chi connectivity index (χ0v) is 24.9. The Morgan fingerprint density at radius 3 is 1.88 bits per heavy atom. The van der Waals surface area contributed by atoms with Crippen LogP contribution >= 0.6 is 0 Å². The van der Waals surface area contributed by atoms with Crippen LogP contribution in [0.4, 0.5) is 17.1 Å². The molecule has 0 bridgehead atoms. The second-order valence-corrected chi connectivity index (χ2v) is 13.2. The van der Waals surface area contributed by atoms with Crippen molar-refractivity contribution in [3.05, 3.63) is 152 Å². The Bertz CT molecular complexity index is 2450. The van der Waals surface area contributed by atoms with Gasteiger partial charge in [0.2, 0.25) is 0 Å². The fourth-order valence-corrected chi connectivity index (χ4v) is 8.99. The molecule has 9 aromatic rings. The summed E-state index contributed by atoms with van der Waals surface area (Å²) in [5.41, 5.74) is 7.64. The van der Waals surface area contributed by atoms with E-state index in [0.29, 0.717) is 0 Å². The number of nitrogens with zero attached hydrogens (tertiary/aromatic N) is 1. The topological polar surface area (TPSA) is 16.4 Å². The van der Waals surface area contributed by atoms with Crippen molar-refractivity contribution in [3.8, 4) is 11.1 Å². The van der Waals surface area contributed by atoms with Crippen molar-refractivity contribution in [1.82, 2.24) is 0 Å². The van der Waals surface area contributed by atoms with Gasteiger partial charge in [-0.05, 0) is 0 Å². The van der Waals surface area contributed by atoms with Gasteiger partial charge < -0.3 is 0 Å². The zero-order valence-electron chi connectivity index (χ0n) is 23.2. The third-order valence-corrected chi connectivity index (χ3v) is 11.0. The molecular formula is C40H25NOSe. The van der Waals surface area contributed by atoms with Gasteiger partial charge in [0.1, 0.15) is 0 Å². The third kappa shape index (κ3) is 3.94. The van der Waals surface area contributed by atoms with Gasteiger partial charge in [-0.1, -0.05) is 6.07 Å². The molecule has 3 heteroatoms. The Labute approximate surface area is 254 Å². The van der Waals surface area contributed by atoms with Crippen LogP contribution in [-0.2, 0) is 0 Å². The van der Waals surface area contributed by atoms with E-state index in [4.69, 9.17) is 4.42 Å². The molecule has 2 nitrogen and oxygen atoms in total. The maximum atomic E-state index is 6.22. The predicted molar refractivity (Wildman–Crippen MR) is 183 cm³/mol. The average Bonchev–Trinajstić information content (AvgIpc) is 3.64. The molecule has 0 N–H and O–H groups in total. The van der Waals surface area contributed by atoms with E-state index >= 15 is 0 Å². The number of rotatable bonds is 4. The van der Waals surface area contributed by atoms with Crippen LogP contribution < -0.4 is 4.90 Å². The first-order chi connectivity index (χ1) is 21.3. The third-order valence-electron chi connectivity index (χ3n) is 8.45. The quantitative estimate of drug-likeness (QED) is 0.183. The van der Waals surface area contributed by atoms with Crippen molar-refractivity contribution in [2.45, 2.75) is 0 Å². The fourth-order valence-electron chi connectivity index (χ4n) is 6.43. The Morgan fingerprint density at radius 2 is 1.05 bits per heavy atom. The molecule has 0 radical (unpaired) electrons. The van der Waals surface area contributed by atoms with Gasteiger partial charge >= 0.3 is 250 Å². The first kappa shape index (κ1) is 24.5. The normalized spacial score (nSPS) is 11.7. The number of hydrogen-bond acceptors (Lipinski definition) is 2. The molecule has 0 aliphatic rings. The van der Waals surface area contributed by atoms with Crippen LogP contribution in [0.2, 0.25) is 0 Å². The molecule has 43 heavy (non-hydrogen) atoms. The van der Waals surface area contributed by atoms with Gasteiger partial charge in [-0.25, -0.2) is 0 Å². The monoisotopic (exact) mass is 615 g/mol. The molecular weight excluding hydrogens is 589 g/mol. The summed E-state index contributed by atoms with van der Waals surface area (Å²) in [6.07, 6.45) is 0. The molecule has 2 heterocycles. The molecule has 0 aliphatic carbocycles. The van der Waals surface area contributed by atoms with Gasteiger partial charge in [-0.2, -0.15) is 0 Å². The summed E-state index contributed by atoms with van der Waals surface area (Å²) in [6, 6.07) is 54.7. The molecule has 0 saturated heterocycles. The van der Waals surface area contributed by atoms with Gasteiger partial charge in [-0.15, -0.1) is 0 Å². The summed E-state index contributed by atoms with van der Waals surface area (Å²) in [7, 11) is 0. The molecule has 0 unspecified atom stereocenters. The van der Waals surface area contributed by atoms with Crippen molar-refractivity contribution < 1.29 is 4.42 Å². The van der Waals surface area contributed by atoms with E-state index in [2.05, 4.69) is 144 Å².